The number of hydrogen-bond donors (Lipinski definition) is 0. The second-order valence-electron chi connectivity index (χ2n) is 11.9. The largest absolute Gasteiger partial charge is 0.319 e. The maximum Gasteiger partial charge on any atom is 0.141 e. The van der Waals surface area contributed by atoms with Gasteiger partial charge in [-0.3, -0.25) is 0 Å². The van der Waals surface area contributed by atoms with Crippen LogP contribution in [0.3, 0.4) is 0 Å². The molecule has 0 radical (unpaired) electrons. The van der Waals surface area contributed by atoms with Crippen LogP contribution in [0.1, 0.15) is 56.2 Å². The number of pyridine rings is 1. The lowest BCUT2D eigenvalue weighted by Gasteiger charge is -2.50. The predicted molar refractivity (Wildman–Crippen MR) is 158 cm³/mol. The van der Waals surface area contributed by atoms with E-state index in [2.05, 4.69) is 110 Å². The van der Waals surface area contributed by atoms with Gasteiger partial charge < -0.3 is 4.90 Å². The van der Waals surface area contributed by atoms with Crippen LogP contribution >= 0.6 is 0 Å². The zero-order chi connectivity index (χ0) is 25.5. The van der Waals surface area contributed by atoms with Gasteiger partial charge in [-0.2, -0.15) is 0 Å². The first kappa shape index (κ1) is 22.1. The van der Waals surface area contributed by atoms with Crippen molar-refractivity contribution in [2.24, 2.45) is 0 Å². The molecule has 1 aliphatic heterocycles. The molecule has 2 heterocycles. The Labute approximate surface area is 225 Å². The number of nitrogens with zero attached hydrogens (tertiary/aromatic N) is 2. The quantitative estimate of drug-likeness (QED) is 0.239. The Hall–Kier alpha value is -3.91. The van der Waals surface area contributed by atoms with Gasteiger partial charge >= 0.3 is 0 Å². The fourth-order valence-corrected chi connectivity index (χ4v) is 7.85. The summed E-state index contributed by atoms with van der Waals surface area (Å²) >= 11 is 0. The second kappa shape index (κ2) is 7.80. The minimum absolute atomic E-state index is 0.0110. The maximum atomic E-state index is 5.02. The van der Waals surface area contributed by atoms with Crippen molar-refractivity contribution in [1.29, 1.82) is 0 Å². The fraction of sp³-hybridized carbons (Fsp3) is 0.250. The lowest BCUT2D eigenvalue weighted by atomic mass is 9.61. The first-order valence-electron chi connectivity index (χ1n) is 14.1. The van der Waals surface area contributed by atoms with Gasteiger partial charge in [0.05, 0.1) is 5.54 Å². The number of aromatic nitrogens is 1. The average molecular weight is 493 g/mol. The fourth-order valence-electron chi connectivity index (χ4n) is 7.85. The average Bonchev–Trinajstić information content (AvgIpc) is 3.42. The first-order chi connectivity index (χ1) is 18.6. The summed E-state index contributed by atoms with van der Waals surface area (Å²) in [4.78, 5) is 7.62. The molecule has 2 heteroatoms. The van der Waals surface area contributed by atoms with Gasteiger partial charge in [-0.1, -0.05) is 92.6 Å². The molecule has 1 saturated carbocycles. The highest BCUT2D eigenvalue weighted by Gasteiger charge is 2.58. The van der Waals surface area contributed by atoms with Crippen molar-refractivity contribution in [3.05, 3.63) is 114 Å². The highest BCUT2D eigenvalue weighted by molar-refractivity contribution is 5.96. The van der Waals surface area contributed by atoms with E-state index in [4.69, 9.17) is 4.98 Å². The summed E-state index contributed by atoms with van der Waals surface area (Å²) in [5, 5.41) is 2.49. The number of anilines is 2. The van der Waals surface area contributed by atoms with E-state index in [1.807, 2.05) is 6.20 Å². The standard InChI is InChI=1S/C36H32N2/c1-35-18-7-8-19-36(35,2)38(34-31-12-6-3-9-24(31)17-20-37-34)33-16-14-26(23-32(33)35)25-13-15-30-28(21-25)22-27-10-4-5-11-29(27)30/h3-6,9-17,20-21,23H,7-8,18-19,22H2,1-2H3. The molecule has 2 atom stereocenters. The van der Waals surface area contributed by atoms with Crippen LogP contribution < -0.4 is 4.90 Å². The molecule has 8 rings (SSSR count). The second-order valence-corrected chi connectivity index (χ2v) is 11.9. The molecule has 5 aromatic rings. The molecule has 186 valence electrons. The number of fused-ring (bicyclic) bond motifs is 7. The third-order valence-corrected chi connectivity index (χ3v) is 10.1. The van der Waals surface area contributed by atoms with Gasteiger partial charge in [-0.05, 0) is 88.7 Å². The van der Waals surface area contributed by atoms with Gasteiger partial charge in [0.15, 0.2) is 0 Å². The van der Waals surface area contributed by atoms with Gasteiger partial charge in [0.2, 0.25) is 0 Å². The van der Waals surface area contributed by atoms with Crippen LogP contribution in [0.2, 0.25) is 0 Å². The number of hydrogen-bond acceptors (Lipinski definition) is 2. The van der Waals surface area contributed by atoms with Crippen molar-refractivity contribution in [2.45, 2.75) is 56.9 Å². The minimum atomic E-state index is -0.0110. The van der Waals surface area contributed by atoms with E-state index in [1.54, 1.807) is 0 Å². The molecule has 4 aromatic carbocycles. The molecule has 0 spiro atoms. The van der Waals surface area contributed by atoms with Crippen molar-refractivity contribution in [1.82, 2.24) is 4.98 Å². The Balaban J connectivity index is 1.29. The van der Waals surface area contributed by atoms with Gasteiger partial charge in [-0.25, -0.2) is 4.98 Å². The molecule has 1 fully saturated rings. The van der Waals surface area contributed by atoms with Crippen LogP contribution in [0.25, 0.3) is 33.0 Å². The van der Waals surface area contributed by atoms with Gasteiger partial charge in [0, 0.05) is 22.7 Å². The maximum absolute atomic E-state index is 5.02. The van der Waals surface area contributed by atoms with Gasteiger partial charge in [0.1, 0.15) is 5.82 Å². The topological polar surface area (TPSA) is 16.1 Å². The molecule has 0 saturated heterocycles. The Bertz CT molecular complexity index is 1750. The summed E-state index contributed by atoms with van der Waals surface area (Å²) < 4.78 is 0. The summed E-state index contributed by atoms with van der Waals surface area (Å²) in [5.74, 6) is 1.10. The number of benzene rings is 4. The van der Waals surface area contributed by atoms with Crippen LogP contribution in [0.5, 0.6) is 0 Å². The van der Waals surface area contributed by atoms with E-state index >= 15 is 0 Å². The van der Waals surface area contributed by atoms with Crippen LogP contribution in [0.15, 0.2) is 97.2 Å². The van der Waals surface area contributed by atoms with Crippen LogP contribution in [-0.2, 0) is 11.8 Å². The highest BCUT2D eigenvalue weighted by Crippen LogP contribution is 2.61. The van der Waals surface area contributed by atoms with Gasteiger partial charge in [-0.15, -0.1) is 0 Å². The lowest BCUT2D eigenvalue weighted by molar-refractivity contribution is 0.194. The molecule has 2 nitrogen and oxygen atoms in total. The molecule has 0 bridgehead atoms. The molecular formula is C36H32N2. The predicted octanol–water partition coefficient (Wildman–Crippen LogP) is 9.22. The van der Waals surface area contributed by atoms with Crippen molar-refractivity contribution >= 4 is 22.3 Å². The molecule has 2 unspecified atom stereocenters. The van der Waals surface area contributed by atoms with E-state index in [9.17, 15) is 0 Å². The Kier molecular flexibility index (Phi) is 4.54. The molecule has 38 heavy (non-hydrogen) atoms. The lowest BCUT2D eigenvalue weighted by Crippen LogP contribution is -2.54. The SMILES string of the molecule is CC12CCCCC1(C)N(c1nccc3ccccc13)c1ccc(-c3ccc4c(c3)Cc3ccccc3-4)cc12. The van der Waals surface area contributed by atoms with Crippen LogP contribution in [0, 0.1) is 0 Å². The molecule has 2 aliphatic carbocycles. The normalized spacial score (nSPS) is 23.2. The van der Waals surface area contributed by atoms with Crippen molar-refractivity contribution in [2.75, 3.05) is 4.90 Å². The molecular weight excluding hydrogens is 460 g/mol. The van der Waals surface area contributed by atoms with Crippen molar-refractivity contribution in [3.63, 3.8) is 0 Å². The van der Waals surface area contributed by atoms with Crippen molar-refractivity contribution < 1.29 is 0 Å². The zero-order valence-corrected chi connectivity index (χ0v) is 22.2. The summed E-state index contributed by atoms with van der Waals surface area (Å²) in [6.07, 6.45) is 7.94. The molecule has 0 N–H and O–H groups in total. The Morgan fingerprint density at radius 3 is 2.42 bits per heavy atom. The summed E-state index contributed by atoms with van der Waals surface area (Å²) in [5.41, 5.74) is 11.2. The monoisotopic (exact) mass is 492 g/mol. The van der Waals surface area contributed by atoms with E-state index < -0.39 is 0 Å². The molecule has 1 aromatic heterocycles. The van der Waals surface area contributed by atoms with Crippen LogP contribution in [-0.4, -0.2) is 10.5 Å². The van der Waals surface area contributed by atoms with E-state index in [-0.39, 0.29) is 11.0 Å². The third kappa shape index (κ3) is 2.86. The van der Waals surface area contributed by atoms with Gasteiger partial charge in [0.25, 0.3) is 0 Å². The Morgan fingerprint density at radius 1 is 0.711 bits per heavy atom. The summed E-state index contributed by atoms with van der Waals surface area (Å²) in [6.45, 7) is 5.00. The molecule has 3 aliphatic rings. The first-order valence-corrected chi connectivity index (χ1v) is 14.1. The summed E-state index contributed by atoms with van der Waals surface area (Å²) in [7, 11) is 0. The van der Waals surface area contributed by atoms with E-state index in [0.717, 1.165) is 12.2 Å². The van der Waals surface area contributed by atoms with Crippen molar-refractivity contribution in [3.8, 4) is 22.3 Å². The molecule has 0 amide bonds. The smallest absolute Gasteiger partial charge is 0.141 e. The van der Waals surface area contributed by atoms with E-state index in [0.29, 0.717) is 0 Å². The summed E-state index contributed by atoms with van der Waals surface area (Å²) in [6, 6.07) is 34.0. The third-order valence-electron chi connectivity index (χ3n) is 10.1. The highest BCUT2D eigenvalue weighted by atomic mass is 15.3. The minimum Gasteiger partial charge on any atom is -0.319 e. The number of rotatable bonds is 2. The van der Waals surface area contributed by atoms with E-state index in [1.165, 1.54) is 81.1 Å². The Morgan fingerprint density at radius 2 is 1.47 bits per heavy atom. The zero-order valence-electron chi connectivity index (χ0n) is 22.2. The van der Waals surface area contributed by atoms with Crippen LogP contribution in [0.4, 0.5) is 11.5 Å².